The molecule has 1 unspecified atom stereocenters. The van der Waals surface area contributed by atoms with Gasteiger partial charge in [-0.3, -0.25) is 4.98 Å². The van der Waals surface area contributed by atoms with E-state index in [1.807, 2.05) is 19.1 Å². The summed E-state index contributed by atoms with van der Waals surface area (Å²) in [5, 5.41) is 0. The fourth-order valence-corrected chi connectivity index (χ4v) is 2.48. The minimum Gasteiger partial charge on any atom is -0.494 e. The van der Waals surface area contributed by atoms with E-state index in [-0.39, 0.29) is 16.4 Å². The van der Waals surface area contributed by atoms with Gasteiger partial charge >= 0.3 is 0 Å². The first-order valence-electron chi connectivity index (χ1n) is 6.00. The molecule has 1 atom stereocenters. The summed E-state index contributed by atoms with van der Waals surface area (Å²) in [6.45, 7) is 2.04. The van der Waals surface area contributed by atoms with Gasteiger partial charge in [0.15, 0.2) is 11.6 Å². The summed E-state index contributed by atoms with van der Waals surface area (Å²) in [4.78, 5) is 4.45. The lowest BCUT2D eigenvalue weighted by Gasteiger charge is -2.13. The van der Waals surface area contributed by atoms with Crippen LogP contribution in [0.2, 0.25) is 0 Å². The summed E-state index contributed by atoms with van der Waals surface area (Å²) < 4.78 is 18.4. The van der Waals surface area contributed by atoms with Crippen LogP contribution in [0.3, 0.4) is 0 Å². The number of pyridine rings is 1. The van der Waals surface area contributed by atoms with Crippen molar-refractivity contribution >= 4 is 15.9 Å². The average molecular weight is 324 g/mol. The van der Waals surface area contributed by atoms with Gasteiger partial charge in [0.05, 0.1) is 7.11 Å². The molecule has 19 heavy (non-hydrogen) atoms. The van der Waals surface area contributed by atoms with Crippen LogP contribution in [-0.4, -0.2) is 12.1 Å². The van der Waals surface area contributed by atoms with E-state index in [0.717, 1.165) is 23.2 Å². The standard InChI is InChI=1S/C15H15BrFNO/c1-10-4-3-7-18-14(10)9-12(16)11-5-6-13(17)15(8-11)19-2/h3-8,12H,9H2,1-2H3. The molecule has 0 saturated heterocycles. The molecular formula is C15H15BrFNO. The highest BCUT2D eigenvalue weighted by atomic mass is 79.9. The fraction of sp³-hybridized carbons (Fsp3) is 0.267. The number of halogens is 2. The monoisotopic (exact) mass is 323 g/mol. The van der Waals surface area contributed by atoms with Gasteiger partial charge < -0.3 is 4.74 Å². The Bertz CT molecular complexity index is 574. The number of aryl methyl sites for hydroxylation is 1. The van der Waals surface area contributed by atoms with E-state index in [1.165, 1.54) is 13.2 Å². The van der Waals surface area contributed by atoms with E-state index in [1.54, 1.807) is 18.3 Å². The van der Waals surface area contributed by atoms with E-state index in [0.29, 0.717) is 0 Å². The fourth-order valence-electron chi connectivity index (χ4n) is 1.89. The third-order valence-electron chi connectivity index (χ3n) is 3.03. The van der Waals surface area contributed by atoms with Crippen molar-refractivity contribution in [3.05, 3.63) is 59.2 Å². The Kier molecular flexibility index (Phi) is 4.53. The molecular weight excluding hydrogens is 309 g/mol. The molecule has 1 aromatic heterocycles. The van der Waals surface area contributed by atoms with Gasteiger partial charge in [0.1, 0.15) is 0 Å². The number of aromatic nitrogens is 1. The van der Waals surface area contributed by atoms with Crippen LogP contribution in [0.25, 0.3) is 0 Å². The molecule has 0 amide bonds. The summed E-state index contributed by atoms with van der Waals surface area (Å²) in [5.41, 5.74) is 3.16. The Morgan fingerprint density at radius 2 is 2.16 bits per heavy atom. The third-order valence-corrected chi connectivity index (χ3v) is 3.88. The number of rotatable bonds is 4. The predicted molar refractivity (Wildman–Crippen MR) is 77.3 cm³/mol. The zero-order chi connectivity index (χ0) is 13.8. The maximum atomic E-state index is 13.4. The summed E-state index contributed by atoms with van der Waals surface area (Å²) in [6, 6.07) is 8.85. The molecule has 1 heterocycles. The predicted octanol–water partition coefficient (Wildman–Crippen LogP) is 4.22. The van der Waals surface area contributed by atoms with Gasteiger partial charge in [-0.2, -0.15) is 0 Å². The van der Waals surface area contributed by atoms with E-state index in [4.69, 9.17) is 4.74 Å². The Balaban J connectivity index is 2.20. The summed E-state index contributed by atoms with van der Waals surface area (Å²) in [5.74, 6) is -0.0836. The maximum Gasteiger partial charge on any atom is 0.165 e. The van der Waals surface area contributed by atoms with Gasteiger partial charge in [-0.15, -0.1) is 0 Å². The Morgan fingerprint density at radius 1 is 1.37 bits per heavy atom. The van der Waals surface area contributed by atoms with Crippen LogP contribution in [-0.2, 0) is 6.42 Å². The largest absolute Gasteiger partial charge is 0.494 e. The topological polar surface area (TPSA) is 22.1 Å². The van der Waals surface area contributed by atoms with Gasteiger partial charge in [0, 0.05) is 23.1 Å². The van der Waals surface area contributed by atoms with Gasteiger partial charge in [0.2, 0.25) is 0 Å². The van der Waals surface area contributed by atoms with Crippen LogP contribution < -0.4 is 4.74 Å². The molecule has 0 saturated carbocycles. The van der Waals surface area contributed by atoms with Crippen molar-refractivity contribution in [1.29, 1.82) is 0 Å². The molecule has 2 aromatic rings. The molecule has 0 radical (unpaired) electrons. The van der Waals surface area contributed by atoms with Crippen LogP contribution in [0.5, 0.6) is 5.75 Å². The Morgan fingerprint density at radius 3 is 2.84 bits per heavy atom. The molecule has 4 heteroatoms. The lowest BCUT2D eigenvalue weighted by atomic mass is 10.0. The smallest absolute Gasteiger partial charge is 0.165 e. The number of nitrogens with zero attached hydrogens (tertiary/aromatic N) is 1. The van der Waals surface area contributed by atoms with Crippen molar-refractivity contribution < 1.29 is 9.13 Å². The zero-order valence-corrected chi connectivity index (χ0v) is 12.4. The van der Waals surface area contributed by atoms with Crippen LogP contribution in [0.1, 0.15) is 21.6 Å². The lowest BCUT2D eigenvalue weighted by molar-refractivity contribution is 0.386. The van der Waals surface area contributed by atoms with Crippen LogP contribution >= 0.6 is 15.9 Å². The third kappa shape index (κ3) is 3.32. The van der Waals surface area contributed by atoms with Gasteiger partial charge in [-0.25, -0.2) is 4.39 Å². The van der Waals surface area contributed by atoms with Gasteiger partial charge in [-0.1, -0.05) is 28.1 Å². The summed E-state index contributed by atoms with van der Waals surface area (Å²) >= 11 is 3.63. The SMILES string of the molecule is COc1cc(C(Br)Cc2ncccc2C)ccc1F. The Labute approximate surface area is 120 Å². The molecule has 100 valence electrons. The summed E-state index contributed by atoms with van der Waals surface area (Å²) in [6.07, 6.45) is 2.54. The van der Waals surface area contributed by atoms with Crippen molar-refractivity contribution in [2.75, 3.05) is 7.11 Å². The Hall–Kier alpha value is -1.42. The van der Waals surface area contributed by atoms with Crippen molar-refractivity contribution in [3.8, 4) is 5.75 Å². The molecule has 0 aliphatic carbocycles. The minimum atomic E-state index is -0.347. The van der Waals surface area contributed by atoms with E-state index in [9.17, 15) is 4.39 Å². The van der Waals surface area contributed by atoms with E-state index >= 15 is 0 Å². The molecule has 0 N–H and O–H groups in total. The van der Waals surface area contributed by atoms with Crippen LogP contribution in [0, 0.1) is 12.7 Å². The number of hydrogen-bond donors (Lipinski definition) is 0. The zero-order valence-electron chi connectivity index (χ0n) is 10.9. The highest BCUT2D eigenvalue weighted by Gasteiger charge is 2.13. The molecule has 0 aliphatic rings. The highest BCUT2D eigenvalue weighted by Crippen LogP contribution is 2.30. The molecule has 2 rings (SSSR count). The molecule has 0 aliphatic heterocycles. The second kappa shape index (κ2) is 6.15. The van der Waals surface area contributed by atoms with E-state index < -0.39 is 0 Å². The molecule has 0 fully saturated rings. The first kappa shape index (κ1) is 14.0. The van der Waals surface area contributed by atoms with Crippen LogP contribution in [0.4, 0.5) is 4.39 Å². The highest BCUT2D eigenvalue weighted by molar-refractivity contribution is 9.09. The second-order valence-electron chi connectivity index (χ2n) is 4.33. The lowest BCUT2D eigenvalue weighted by Crippen LogP contribution is -2.01. The number of methoxy groups -OCH3 is 1. The van der Waals surface area contributed by atoms with E-state index in [2.05, 4.69) is 20.9 Å². The summed E-state index contributed by atoms with van der Waals surface area (Å²) in [7, 11) is 1.47. The van der Waals surface area contributed by atoms with Crippen molar-refractivity contribution in [1.82, 2.24) is 4.98 Å². The first-order chi connectivity index (χ1) is 9.11. The minimum absolute atomic E-state index is 0.0793. The van der Waals surface area contributed by atoms with Crippen molar-refractivity contribution in [2.45, 2.75) is 18.2 Å². The van der Waals surface area contributed by atoms with Crippen molar-refractivity contribution in [2.24, 2.45) is 0 Å². The molecule has 0 spiro atoms. The second-order valence-corrected chi connectivity index (χ2v) is 5.44. The van der Waals surface area contributed by atoms with Crippen molar-refractivity contribution in [3.63, 3.8) is 0 Å². The average Bonchev–Trinajstić information content (AvgIpc) is 2.42. The maximum absolute atomic E-state index is 13.4. The van der Waals surface area contributed by atoms with Gasteiger partial charge in [0.25, 0.3) is 0 Å². The molecule has 2 nitrogen and oxygen atoms in total. The number of ether oxygens (including phenoxy) is 1. The normalized spacial score (nSPS) is 12.2. The molecule has 0 bridgehead atoms. The van der Waals surface area contributed by atoms with Crippen LogP contribution in [0.15, 0.2) is 36.5 Å². The number of benzene rings is 1. The first-order valence-corrected chi connectivity index (χ1v) is 6.91. The molecule has 1 aromatic carbocycles. The van der Waals surface area contributed by atoms with Gasteiger partial charge in [-0.05, 0) is 36.2 Å². The number of alkyl halides is 1. The quantitative estimate of drug-likeness (QED) is 0.786. The number of hydrogen-bond acceptors (Lipinski definition) is 2.